The average Bonchev–Trinajstić information content (AvgIpc) is 1.94. The Morgan fingerprint density at radius 2 is 2.30 bits per heavy atom. The Kier molecular flexibility index (Phi) is 2.67. The van der Waals surface area contributed by atoms with E-state index in [2.05, 4.69) is 10.2 Å². The molecule has 3 nitrogen and oxygen atoms in total. The van der Waals surface area contributed by atoms with Crippen LogP contribution >= 0.6 is 34.2 Å². The Hall–Kier alpha value is -0.100. The summed E-state index contributed by atoms with van der Waals surface area (Å²) < 4.78 is 5.64. The second-order valence-corrected chi connectivity index (χ2v) is 2.94. The van der Waals surface area contributed by atoms with Crippen LogP contribution in [-0.2, 0) is 0 Å². The molecule has 1 aromatic heterocycles. The number of hydrogen-bond donors (Lipinski definition) is 0. The molecule has 1 aromatic rings. The van der Waals surface area contributed by atoms with Crippen LogP contribution in [-0.4, -0.2) is 17.3 Å². The number of ether oxygens (including phenoxy) is 1. The number of hydrogen-bond acceptors (Lipinski definition) is 3. The first-order valence-corrected chi connectivity index (χ1v) is 3.92. The fourth-order valence-electron chi connectivity index (χ4n) is 0.481. The Balaban J connectivity index is 3.09. The summed E-state index contributed by atoms with van der Waals surface area (Å²) in [5, 5.41) is 7.69. The smallest absolute Gasteiger partial charge is 0.165 e. The number of methoxy groups -OCH3 is 1. The lowest BCUT2D eigenvalue weighted by Crippen LogP contribution is -1.92. The molecule has 0 atom stereocenters. The lowest BCUT2D eigenvalue weighted by atomic mass is 10.5. The lowest BCUT2D eigenvalue weighted by Gasteiger charge is -1.99. The van der Waals surface area contributed by atoms with Gasteiger partial charge in [0.25, 0.3) is 0 Å². The van der Waals surface area contributed by atoms with E-state index in [4.69, 9.17) is 16.3 Å². The van der Waals surface area contributed by atoms with E-state index in [1.165, 1.54) is 0 Å². The van der Waals surface area contributed by atoms with Crippen LogP contribution in [0.4, 0.5) is 0 Å². The number of rotatable bonds is 1. The van der Waals surface area contributed by atoms with E-state index >= 15 is 0 Å². The van der Waals surface area contributed by atoms with Gasteiger partial charge in [-0.15, -0.1) is 10.2 Å². The van der Waals surface area contributed by atoms with Crippen LogP contribution in [0.25, 0.3) is 0 Å². The molecule has 1 rings (SSSR count). The van der Waals surface area contributed by atoms with Gasteiger partial charge in [0.05, 0.1) is 7.11 Å². The summed E-state index contributed by atoms with van der Waals surface area (Å²) >= 11 is 7.56. The summed E-state index contributed by atoms with van der Waals surface area (Å²) in [5.74, 6) is 0.653. The van der Waals surface area contributed by atoms with Gasteiger partial charge in [-0.1, -0.05) is 11.6 Å². The fraction of sp³-hybridized carbons (Fsp3) is 0.200. The van der Waals surface area contributed by atoms with Gasteiger partial charge in [-0.3, -0.25) is 0 Å². The molecule has 54 valence electrons. The Morgan fingerprint density at radius 3 is 2.80 bits per heavy atom. The molecule has 0 aliphatic heterocycles. The quantitative estimate of drug-likeness (QED) is 0.729. The first-order valence-electron chi connectivity index (χ1n) is 2.46. The molecule has 0 spiro atoms. The number of nitrogens with zero attached hydrogens (tertiary/aromatic N) is 2. The lowest BCUT2D eigenvalue weighted by molar-refractivity contribution is 0.408. The van der Waals surface area contributed by atoms with E-state index < -0.39 is 0 Å². The van der Waals surface area contributed by atoms with Crippen molar-refractivity contribution in [3.63, 3.8) is 0 Å². The van der Waals surface area contributed by atoms with E-state index in [1.807, 2.05) is 22.6 Å². The van der Waals surface area contributed by atoms with Gasteiger partial charge in [0.1, 0.15) is 0 Å². The molecule has 1 heterocycles. The maximum absolute atomic E-state index is 5.54. The van der Waals surface area contributed by atoms with Gasteiger partial charge in [0, 0.05) is 6.07 Å². The van der Waals surface area contributed by atoms with Crippen LogP contribution in [0.5, 0.6) is 5.75 Å². The molecule has 0 aromatic carbocycles. The van der Waals surface area contributed by atoms with Crippen LogP contribution in [0, 0.1) is 3.70 Å². The van der Waals surface area contributed by atoms with Crippen molar-refractivity contribution < 1.29 is 4.74 Å². The van der Waals surface area contributed by atoms with Crippen molar-refractivity contribution in [3.05, 3.63) is 14.9 Å². The second-order valence-electron chi connectivity index (χ2n) is 1.53. The predicted octanol–water partition coefficient (Wildman–Crippen LogP) is 1.74. The normalized spacial score (nSPS) is 9.50. The first kappa shape index (κ1) is 8.00. The average molecular weight is 270 g/mol. The molecule has 0 aliphatic carbocycles. The van der Waals surface area contributed by atoms with Crippen molar-refractivity contribution in [1.29, 1.82) is 0 Å². The van der Waals surface area contributed by atoms with E-state index in [9.17, 15) is 0 Å². The van der Waals surface area contributed by atoms with Crippen molar-refractivity contribution in [3.8, 4) is 5.75 Å². The van der Waals surface area contributed by atoms with Gasteiger partial charge in [0.15, 0.2) is 14.6 Å². The van der Waals surface area contributed by atoms with Crippen LogP contribution in [0.3, 0.4) is 0 Å². The van der Waals surface area contributed by atoms with Crippen LogP contribution in [0.15, 0.2) is 6.07 Å². The van der Waals surface area contributed by atoms with Crippen molar-refractivity contribution in [2.24, 2.45) is 0 Å². The Labute approximate surface area is 76.9 Å². The molecule has 0 saturated carbocycles. The van der Waals surface area contributed by atoms with E-state index in [1.54, 1.807) is 13.2 Å². The van der Waals surface area contributed by atoms with Gasteiger partial charge in [0.2, 0.25) is 0 Å². The third-order valence-corrected chi connectivity index (χ3v) is 1.84. The van der Waals surface area contributed by atoms with Gasteiger partial charge >= 0.3 is 0 Å². The van der Waals surface area contributed by atoms with Crippen molar-refractivity contribution in [2.75, 3.05) is 7.11 Å². The Morgan fingerprint density at radius 1 is 1.60 bits per heavy atom. The van der Waals surface area contributed by atoms with E-state index in [-0.39, 0.29) is 0 Å². The number of aromatic nitrogens is 2. The number of halogens is 2. The zero-order valence-electron chi connectivity index (χ0n) is 5.14. The molecule has 0 N–H and O–H groups in total. The molecule has 10 heavy (non-hydrogen) atoms. The minimum atomic E-state index is 0.345. The minimum absolute atomic E-state index is 0.345. The third kappa shape index (κ3) is 1.69. The molecule has 0 radical (unpaired) electrons. The van der Waals surface area contributed by atoms with E-state index in [0.29, 0.717) is 14.6 Å². The highest BCUT2D eigenvalue weighted by molar-refractivity contribution is 14.1. The van der Waals surface area contributed by atoms with Gasteiger partial charge in [-0.25, -0.2) is 0 Å². The Bertz CT molecular complexity index is 243. The van der Waals surface area contributed by atoms with E-state index in [0.717, 1.165) is 0 Å². The zero-order chi connectivity index (χ0) is 7.56. The highest BCUT2D eigenvalue weighted by Crippen LogP contribution is 2.19. The molecule has 5 heteroatoms. The first-order chi connectivity index (χ1) is 4.74. The molecular weight excluding hydrogens is 266 g/mol. The molecule has 0 unspecified atom stereocenters. The minimum Gasteiger partial charge on any atom is -0.494 e. The van der Waals surface area contributed by atoms with Crippen LogP contribution in [0.2, 0.25) is 5.15 Å². The monoisotopic (exact) mass is 270 g/mol. The summed E-state index contributed by atoms with van der Waals surface area (Å²) in [5.41, 5.74) is 0. The zero-order valence-corrected chi connectivity index (χ0v) is 8.05. The summed E-state index contributed by atoms with van der Waals surface area (Å²) in [6.45, 7) is 0. The second kappa shape index (κ2) is 3.34. The highest BCUT2D eigenvalue weighted by atomic mass is 127. The SMILES string of the molecule is COc1cc(Cl)nnc1I. The highest BCUT2D eigenvalue weighted by Gasteiger charge is 2.01. The van der Waals surface area contributed by atoms with Gasteiger partial charge < -0.3 is 4.74 Å². The largest absolute Gasteiger partial charge is 0.494 e. The molecule has 0 saturated heterocycles. The fourth-order valence-corrected chi connectivity index (χ4v) is 1.10. The standard InChI is InChI=1S/C5H4ClIN2O/c1-10-3-2-4(6)8-9-5(3)7/h2H,1H3. The third-order valence-electron chi connectivity index (χ3n) is 0.907. The van der Waals surface area contributed by atoms with Crippen molar-refractivity contribution in [2.45, 2.75) is 0 Å². The molecule has 0 amide bonds. The van der Waals surface area contributed by atoms with Crippen molar-refractivity contribution >= 4 is 34.2 Å². The van der Waals surface area contributed by atoms with Gasteiger partial charge in [-0.2, -0.15) is 0 Å². The molecule has 0 fully saturated rings. The maximum atomic E-state index is 5.54. The molecule has 0 bridgehead atoms. The summed E-state index contributed by atoms with van der Waals surface area (Å²) in [7, 11) is 1.56. The summed E-state index contributed by atoms with van der Waals surface area (Å²) in [6, 6.07) is 1.62. The molecule has 0 aliphatic rings. The molecular formula is C5H4ClIN2O. The van der Waals surface area contributed by atoms with Crippen LogP contribution < -0.4 is 4.74 Å². The predicted molar refractivity (Wildman–Crippen MR) is 46.3 cm³/mol. The maximum Gasteiger partial charge on any atom is 0.165 e. The van der Waals surface area contributed by atoms with Crippen LogP contribution in [0.1, 0.15) is 0 Å². The summed E-state index contributed by atoms with van der Waals surface area (Å²) in [4.78, 5) is 0. The van der Waals surface area contributed by atoms with Crippen molar-refractivity contribution in [1.82, 2.24) is 10.2 Å². The summed E-state index contributed by atoms with van der Waals surface area (Å²) in [6.07, 6.45) is 0. The topological polar surface area (TPSA) is 35.0 Å². The van der Waals surface area contributed by atoms with Gasteiger partial charge in [-0.05, 0) is 22.6 Å².